The molecule has 0 saturated carbocycles. The van der Waals surface area contributed by atoms with Gasteiger partial charge in [0.25, 0.3) is 0 Å². The molecule has 8 heavy (non-hydrogen) atoms. The molecule has 0 aromatic rings. The van der Waals surface area contributed by atoms with Crippen LogP contribution in [0.5, 0.6) is 0 Å². The van der Waals surface area contributed by atoms with Crippen molar-refractivity contribution >= 4 is 0 Å². The molecule has 1 N–H and O–H groups in total. The Morgan fingerprint density at radius 3 is 2.75 bits per heavy atom. The predicted molar refractivity (Wildman–Crippen MR) is 30.3 cm³/mol. The third-order valence-corrected chi connectivity index (χ3v) is 0.729. The highest BCUT2D eigenvalue weighted by molar-refractivity contribution is 4.45. The zero-order valence-electron chi connectivity index (χ0n) is 4.62. The number of aliphatic hydroxyl groups excluding tert-OH is 1. The van der Waals surface area contributed by atoms with Crippen molar-refractivity contribution in [2.75, 3.05) is 13.2 Å². The summed E-state index contributed by atoms with van der Waals surface area (Å²) in [6.07, 6.45) is 1.50. The van der Waals surface area contributed by atoms with Gasteiger partial charge in [-0.15, -0.1) is 0 Å². The van der Waals surface area contributed by atoms with Crippen LogP contribution >= 0.6 is 0 Å². The van der Waals surface area contributed by atoms with Gasteiger partial charge >= 0.3 is 0 Å². The van der Waals surface area contributed by atoms with Gasteiger partial charge in [0.15, 0.2) is 0 Å². The van der Waals surface area contributed by atoms with E-state index in [1.54, 1.807) is 0 Å². The number of unbranched alkanes of at least 4 members (excludes halogenated alkanes) is 1. The highest BCUT2D eigenvalue weighted by Crippen LogP contribution is 1.86. The van der Waals surface area contributed by atoms with Gasteiger partial charge in [-0.3, -0.25) is 0 Å². The van der Waals surface area contributed by atoms with E-state index in [2.05, 4.69) is 10.0 Å². The summed E-state index contributed by atoms with van der Waals surface area (Å²) < 4.78 is 0. The van der Waals surface area contributed by atoms with Crippen molar-refractivity contribution in [1.29, 1.82) is 0 Å². The lowest BCUT2D eigenvalue weighted by molar-refractivity contribution is 0.285. The Bertz CT molecular complexity index is 87.3. The molecule has 0 spiro atoms. The molecule has 0 radical (unpaired) electrons. The van der Waals surface area contributed by atoms with Crippen LogP contribution in [0.4, 0.5) is 0 Å². The van der Waals surface area contributed by atoms with Gasteiger partial charge in [0.2, 0.25) is 0 Å². The molecule has 0 saturated heterocycles. The number of aliphatic hydroxyl groups is 1. The topological polar surface area (TPSA) is 69.0 Å². The van der Waals surface area contributed by atoms with Crippen LogP contribution in [-0.4, -0.2) is 18.3 Å². The first kappa shape index (κ1) is 7.27. The number of rotatable bonds is 4. The predicted octanol–water partition coefficient (Wildman–Crippen LogP) is 1.07. The van der Waals surface area contributed by atoms with Crippen molar-refractivity contribution in [3.05, 3.63) is 10.4 Å². The van der Waals surface area contributed by atoms with Gasteiger partial charge in [-0.2, -0.15) is 0 Å². The second-order valence-corrected chi connectivity index (χ2v) is 1.39. The summed E-state index contributed by atoms with van der Waals surface area (Å²) in [5.41, 5.74) is 7.76. The van der Waals surface area contributed by atoms with Crippen LogP contribution in [0.3, 0.4) is 0 Å². The average Bonchev–Trinajstić information content (AvgIpc) is 1.81. The zero-order chi connectivity index (χ0) is 6.24. The molecule has 0 unspecified atom stereocenters. The van der Waals surface area contributed by atoms with Crippen LogP contribution in [0.2, 0.25) is 0 Å². The van der Waals surface area contributed by atoms with Crippen LogP contribution in [-0.2, 0) is 0 Å². The van der Waals surface area contributed by atoms with Gasteiger partial charge in [-0.1, -0.05) is 5.11 Å². The number of nitrogens with zero attached hydrogens (tertiary/aromatic N) is 3. The van der Waals surface area contributed by atoms with E-state index in [4.69, 9.17) is 10.6 Å². The zero-order valence-corrected chi connectivity index (χ0v) is 4.62. The van der Waals surface area contributed by atoms with E-state index in [0.717, 1.165) is 12.8 Å². The number of hydrogen-bond donors (Lipinski definition) is 1. The molecule has 0 heterocycles. The van der Waals surface area contributed by atoms with E-state index < -0.39 is 0 Å². The lowest BCUT2D eigenvalue weighted by Crippen LogP contribution is -1.83. The van der Waals surface area contributed by atoms with Gasteiger partial charge in [-0.05, 0) is 18.4 Å². The van der Waals surface area contributed by atoms with E-state index in [1.807, 2.05) is 0 Å². The van der Waals surface area contributed by atoms with E-state index in [1.165, 1.54) is 0 Å². The molecule has 0 rings (SSSR count). The Balaban J connectivity index is 2.82. The highest BCUT2D eigenvalue weighted by Gasteiger charge is 1.80. The van der Waals surface area contributed by atoms with Crippen molar-refractivity contribution in [3.8, 4) is 0 Å². The van der Waals surface area contributed by atoms with Crippen molar-refractivity contribution in [3.63, 3.8) is 0 Å². The molecule has 0 aliphatic rings. The quantitative estimate of drug-likeness (QED) is 0.253. The monoisotopic (exact) mass is 115 g/mol. The molecular formula is C4H9N3O. The van der Waals surface area contributed by atoms with Crippen LogP contribution < -0.4 is 0 Å². The van der Waals surface area contributed by atoms with Crippen molar-refractivity contribution in [2.24, 2.45) is 5.11 Å². The van der Waals surface area contributed by atoms with Crippen molar-refractivity contribution < 1.29 is 5.11 Å². The fraction of sp³-hybridized carbons (Fsp3) is 1.00. The maximum atomic E-state index is 8.23. The molecule has 0 aromatic heterocycles. The Labute approximate surface area is 47.8 Å². The van der Waals surface area contributed by atoms with Crippen molar-refractivity contribution in [2.45, 2.75) is 12.8 Å². The molecule has 0 aliphatic carbocycles. The maximum absolute atomic E-state index is 8.23. The molecular weight excluding hydrogens is 106 g/mol. The lowest BCUT2D eigenvalue weighted by Gasteiger charge is -1.86. The lowest BCUT2D eigenvalue weighted by atomic mass is 10.3. The first-order valence-electron chi connectivity index (χ1n) is 2.53. The fourth-order valence-electron chi connectivity index (χ4n) is 0.339. The average molecular weight is 115 g/mol. The minimum absolute atomic E-state index is 0.181. The van der Waals surface area contributed by atoms with Gasteiger partial charge < -0.3 is 5.11 Å². The normalized spacial score (nSPS) is 8.12. The number of hydrogen-bond acceptors (Lipinski definition) is 2. The summed E-state index contributed by atoms with van der Waals surface area (Å²) in [5, 5.41) is 11.5. The summed E-state index contributed by atoms with van der Waals surface area (Å²) >= 11 is 0. The summed E-state index contributed by atoms with van der Waals surface area (Å²) in [4.78, 5) is 2.55. The molecule has 0 aromatic carbocycles. The van der Waals surface area contributed by atoms with E-state index in [9.17, 15) is 0 Å². The van der Waals surface area contributed by atoms with Crippen LogP contribution in [0.1, 0.15) is 12.8 Å². The summed E-state index contributed by atoms with van der Waals surface area (Å²) in [7, 11) is 0. The van der Waals surface area contributed by atoms with E-state index >= 15 is 0 Å². The Hall–Kier alpha value is -0.730. The van der Waals surface area contributed by atoms with Gasteiger partial charge in [0.05, 0.1) is 0 Å². The first-order valence-corrected chi connectivity index (χ1v) is 2.53. The molecule has 4 heteroatoms. The summed E-state index contributed by atoms with van der Waals surface area (Å²) in [6.45, 7) is 0.679. The fourth-order valence-corrected chi connectivity index (χ4v) is 0.339. The van der Waals surface area contributed by atoms with Crippen LogP contribution in [0.25, 0.3) is 10.4 Å². The van der Waals surface area contributed by atoms with Crippen molar-refractivity contribution in [1.82, 2.24) is 0 Å². The third-order valence-electron chi connectivity index (χ3n) is 0.729. The highest BCUT2D eigenvalue weighted by atomic mass is 16.2. The Kier molecular flexibility index (Phi) is 5.70. The van der Waals surface area contributed by atoms with E-state index in [-0.39, 0.29) is 6.61 Å². The summed E-state index contributed by atoms with van der Waals surface area (Å²) in [6, 6.07) is 0. The third kappa shape index (κ3) is 5.27. The largest absolute Gasteiger partial charge is 0.396 e. The van der Waals surface area contributed by atoms with Crippen LogP contribution in [0.15, 0.2) is 5.11 Å². The van der Waals surface area contributed by atoms with E-state index in [0.29, 0.717) is 6.54 Å². The second-order valence-electron chi connectivity index (χ2n) is 1.39. The van der Waals surface area contributed by atoms with Crippen LogP contribution in [0, 0.1) is 0 Å². The Morgan fingerprint density at radius 2 is 2.25 bits per heavy atom. The molecule has 0 amide bonds. The smallest absolute Gasteiger partial charge is 0.0431 e. The molecule has 0 bridgehead atoms. The minimum atomic E-state index is 0.181. The number of azide groups is 1. The SMILES string of the molecule is [N-]=[N+]=NCCCCO. The molecule has 4 nitrogen and oxygen atoms in total. The molecule has 46 valence electrons. The molecule has 0 fully saturated rings. The first-order chi connectivity index (χ1) is 3.91. The summed E-state index contributed by atoms with van der Waals surface area (Å²) in [5.74, 6) is 0. The van der Waals surface area contributed by atoms with Gasteiger partial charge in [-0.25, -0.2) is 0 Å². The maximum Gasteiger partial charge on any atom is 0.0431 e. The second kappa shape index (κ2) is 6.27. The molecule has 0 atom stereocenters. The van der Waals surface area contributed by atoms with Gasteiger partial charge in [0, 0.05) is 18.1 Å². The minimum Gasteiger partial charge on any atom is -0.396 e. The van der Waals surface area contributed by atoms with Gasteiger partial charge in [0.1, 0.15) is 0 Å². The Morgan fingerprint density at radius 1 is 1.50 bits per heavy atom. The molecule has 0 aliphatic heterocycles. The standard InChI is InChI=1S/C4H9N3O/c5-7-6-3-1-2-4-8/h8H,1-4H2.